The minimum atomic E-state index is 0.417. The van der Waals surface area contributed by atoms with Crippen molar-refractivity contribution in [1.82, 2.24) is 4.98 Å². The third kappa shape index (κ3) is 1.90. The summed E-state index contributed by atoms with van der Waals surface area (Å²) < 4.78 is 5.86. The van der Waals surface area contributed by atoms with Crippen LogP contribution >= 0.6 is 0 Å². The topological polar surface area (TPSA) is 26.0 Å². The molecule has 0 saturated heterocycles. The van der Waals surface area contributed by atoms with Gasteiger partial charge in [-0.05, 0) is 36.4 Å². The molecule has 0 atom stereocenters. The summed E-state index contributed by atoms with van der Waals surface area (Å²) in [5, 5.41) is 1.14. The van der Waals surface area contributed by atoms with Gasteiger partial charge in [0.15, 0.2) is 0 Å². The fourth-order valence-electron chi connectivity index (χ4n) is 2.05. The number of rotatable bonds is 2. The highest BCUT2D eigenvalue weighted by Crippen LogP contribution is 2.27. The van der Waals surface area contributed by atoms with Crippen LogP contribution in [-0.4, -0.2) is 4.98 Å². The summed E-state index contributed by atoms with van der Waals surface area (Å²) in [6.45, 7) is 4.26. The normalized spacial score (nSPS) is 11.3. The molecule has 0 spiro atoms. The molecule has 0 amide bonds. The summed E-state index contributed by atoms with van der Waals surface area (Å²) in [7, 11) is 0. The van der Waals surface area contributed by atoms with Crippen LogP contribution < -0.4 is 0 Å². The number of hydrogen-bond acceptors (Lipinski definition) is 2. The van der Waals surface area contributed by atoms with E-state index < -0.39 is 0 Å². The van der Waals surface area contributed by atoms with E-state index in [4.69, 9.17) is 4.42 Å². The smallest absolute Gasteiger partial charge is 0.134 e. The lowest BCUT2D eigenvalue weighted by Gasteiger charge is -2.02. The maximum absolute atomic E-state index is 5.86. The molecule has 18 heavy (non-hydrogen) atoms. The Kier molecular flexibility index (Phi) is 2.63. The third-order valence-corrected chi connectivity index (χ3v) is 3.08. The van der Waals surface area contributed by atoms with Crippen LogP contribution in [0, 0.1) is 0 Å². The van der Waals surface area contributed by atoms with Crippen LogP contribution in [0.1, 0.15) is 25.5 Å². The second-order valence-electron chi connectivity index (χ2n) is 4.77. The van der Waals surface area contributed by atoms with Crippen molar-refractivity contribution >= 4 is 10.9 Å². The Bertz CT molecular complexity index is 682. The molecule has 2 aromatic heterocycles. The number of fused-ring (bicyclic) bond motifs is 1. The molecular weight excluding hydrogens is 222 g/mol. The molecule has 0 unspecified atom stereocenters. The van der Waals surface area contributed by atoms with E-state index in [9.17, 15) is 0 Å². The van der Waals surface area contributed by atoms with Crippen LogP contribution in [0.5, 0.6) is 0 Å². The molecule has 0 N–H and O–H groups in total. The number of furan rings is 1. The first-order valence-corrected chi connectivity index (χ1v) is 6.19. The zero-order chi connectivity index (χ0) is 12.5. The molecule has 3 aromatic rings. The SMILES string of the molecule is CC(C)c1ccc(-c2ccc3ncccc3c2)o1. The van der Waals surface area contributed by atoms with Gasteiger partial charge in [0.1, 0.15) is 11.5 Å². The Morgan fingerprint density at radius 3 is 2.72 bits per heavy atom. The molecule has 90 valence electrons. The number of benzene rings is 1. The first kappa shape index (κ1) is 11.0. The highest BCUT2D eigenvalue weighted by Gasteiger charge is 2.08. The van der Waals surface area contributed by atoms with Gasteiger partial charge in [0.05, 0.1) is 5.52 Å². The van der Waals surface area contributed by atoms with Gasteiger partial charge in [-0.15, -0.1) is 0 Å². The zero-order valence-corrected chi connectivity index (χ0v) is 10.6. The number of hydrogen-bond donors (Lipinski definition) is 0. The molecule has 0 fully saturated rings. The maximum Gasteiger partial charge on any atom is 0.134 e. The molecule has 0 saturated carbocycles. The predicted molar refractivity (Wildman–Crippen MR) is 73.5 cm³/mol. The van der Waals surface area contributed by atoms with Gasteiger partial charge in [0, 0.05) is 23.1 Å². The number of nitrogens with zero attached hydrogens (tertiary/aromatic N) is 1. The van der Waals surface area contributed by atoms with Crippen molar-refractivity contribution in [3.63, 3.8) is 0 Å². The van der Waals surface area contributed by atoms with Crippen LogP contribution in [-0.2, 0) is 0 Å². The van der Waals surface area contributed by atoms with Crippen LogP contribution in [0.2, 0.25) is 0 Å². The zero-order valence-electron chi connectivity index (χ0n) is 10.6. The van der Waals surface area contributed by atoms with Crippen LogP contribution in [0.25, 0.3) is 22.2 Å². The lowest BCUT2D eigenvalue weighted by molar-refractivity contribution is 0.498. The van der Waals surface area contributed by atoms with Crippen molar-refractivity contribution in [1.29, 1.82) is 0 Å². The maximum atomic E-state index is 5.86. The Morgan fingerprint density at radius 2 is 1.94 bits per heavy atom. The van der Waals surface area contributed by atoms with Crippen LogP contribution in [0.4, 0.5) is 0 Å². The summed E-state index contributed by atoms with van der Waals surface area (Å²) in [5.74, 6) is 2.36. The van der Waals surface area contributed by atoms with Crippen molar-refractivity contribution in [2.24, 2.45) is 0 Å². The van der Waals surface area contributed by atoms with E-state index >= 15 is 0 Å². The molecule has 0 bridgehead atoms. The fraction of sp³-hybridized carbons (Fsp3) is 0.188. The average molecular weight is 237 g/mol. The van der Waals surface area contributed by atoms with Gasteiger partial charge < -0.3 is 4.42 Å². The number of aromatic nitrogens is 1. The third-order valence-electron chi connectivity index (χ3n) is 3.08. The van der Waals surface area contributed by atoms with E-state index in [0.717, 1.165) is 28.0 Å². The Morgan fingerprint density at radius 1 is 1.06 bits per heavy atom. The predicted octanol–water partition coefficient (Wildman–Crippen LogP) is 4.62. The summed E-state index contributed by atoms with van der Waals surface area (Å²) >= 11 is 0. The first-order valence-electron chi connectivity index (χ1n) is 6.19. The molecule has 2 nitrogen and oxygen atoms in total. The van der Waals surface area contributed by atoms with Crippen molar-refractivity contribution in [2.45, 2.75) is 19.8 Å². The Labute approximate surface area is 106 Å². The van der Waals surface area contributed by atoms with Gasteiger partial charge in [0.25, 0.3) is 0 Å². The lowest BCUT2D eigenvalue weighted by Crippen LogP contribution is -1.81. The van der Waals surface area contributed by atoms with Gasteiger partial charge in [-0.3, -0.25) is 4.98 Å². The van der Waals surface area contributed by atoms with E-state index in [0.29, 0.717) is 5.92 Å². The summed E-state index contributed by atoms with van der Waals surface area (Å²) in [5.41, 5.74) is 2.11. The minimum absolute atomic E-state index is 0.417. The first-order chi connectivity index (χ1) is 8.74. The monoisotopic (exact) mass is 237 g/mol. The molecule has 0 radical (unpaired) electrons. The minimum Gasteiger partial charge on any atom is -0.461 e. The van der Waals surface area contributed by atoms with E-state index in [2.05, 4.69) is 37.0 Å². The summed E-state index contributed by atoms with van der Waals surface area (Å²) in [6, 6.07) is 14.3. The Balaban J connectivity index is 2.07. The van der Waals surface area contributed by atoms with Gasteiger partial charge in [-0.1, -0.05) is 19.9 Å². The van der Waals surface area contributed by atoms with Gasteiger partial charge in [-0.25, -0.2) is 0 Å². The fourth-order valence-corrected chi connectivity index (χ4v) is 2.05. The van der Waals surface area contributed by atoms with E-state index in [1.807, 2.05) is 30.5 Å². The molecule has 0 aliphatic carbocycles. The second-order valence-corrected chi connectivity index (χ2v) is 4.77. The van der Waals surface area contributed by atoms with Crippen molar-refractivity contribution < 1.29 is 4.42 Å². The highest BCUT2D eigenvalue weighted by molar-refractivity contribution is 5.83. The van der Waals surface area contributed by atoms with Gasteiger partial charge in [-0.2, -0.15) is 0 Å². The molecular formula is C16H15NO. The largest absolute Gasteiger partial charge is 0.461 e. The Hall–Kier alpha value is -2.09. The van der Waals surface area contributed by atoms with Crippen molar-refractivity contribution in [2.75, 3.05) is 0 Å². The number of pyridine rings is 1. The van der Waals surface area contributed by atoms with Crippen LogP contribution in [0.15, 0.2) is 53.1 Å². The van der Waals surface area contributed by atoms with Gasteiger partial charge in [0.2, 0.25) is 0 Å². The average Bonchev–Trinajstić information content (AvgIpc) is 2.88. The molecule has 1 aromatic carbocycles. The van der Waals surface area contributed by atoms with Gasteiger partial charge >= 0.3 is 0 Å². The standard InChI is InChI=1S/C16H15NO/c1-11(2)15-7-8-16(18-15)13-5-6-14-12(10-13)4-3-9-17-14/h3-11H,1-2H3. The quantitative estimate of drug-likeness (QED) is 0.650. The second kappa shape index (κ2) is 4.30. The lowest BCUT2D eigenvalue weighted by atomic mass is 10.1. The molecule has 2 heteroatoms. The van der Waals surface area contributed by atoms with Crippen molar-refractivity contribution in [3.05, 3.63) is 54.4 Å². The van der Waals surface area contributed by atoms with Crippen molar-refractivity contribution in [3.8, 4) is 11.3 Å². The highest BCUT2D eigenvalue weighted by atomic mass is 16.3. The van der Waals surface area contributed by atoms with Crippen LogP contribution in [0.3, 0.4) is 0 Å². The summed E-state index contributed by atoms with van der Waals surface area (Å²) in [6.07, 6.45) is 1.81. The van der Waals surface area contributed by atoms with E-state index in [1.54, 1.807) is 0 Å². The van der Waals surface area contributed by atoms with E-state index in [1.165, 1.54) is 0 Å². The molecule has 0 aliphatic rings. The molecule has 3 rings (SSSR count). The summed E-state index contributed by atoms with van der Waals surface area (Å²) in [4.78, 5) is 4.32. The molecule has 2 heterocycles. The molecule has 0 aliphatic heterocycles. The van der Waals surface area contributed by atoms with E-state index in [-0.39, 0.29) is 0 Å².